The number of nitrogens with zero attached hydrogens (tertiary/aromatic N) is 1. The first kappa shape index (κ1) is 27.3. The van der Waals surface area contributed by atoms with Crippen molar-refractivity contribution in [1.82, 2.24) is 4.90 Å². The lowest BCUT2D eigenvalue weighted by atomic mass is 10.0. The van der Waals surface area contributed by atoms with Crippen LogP contribution in [0.4, 0.5) is 10.5 Å². The van der Waals surface area contributed by atoms with E-state index in [2.05, 4.69) is 5.32 Å². The van der Waals surface area contributed by atoms with Gasteiger partial charge in [-0.1, -0.05) is 71.8 Å². The molecule has 0 spiro atoms. The number of amides is 3. The van der Waals surface area contributed by atoms with Crippen molar-refractivity contribution in [2.24, 2.45) is 0 Å². The second-order valence-corrected chi connectivity index (χ2v) is 10.5. The Bertz CT molecular complexity index is 1650. The SMILES string of the molecule is COc1cc(/C=C2/SC(=O)N(Cc3cccc4ccccc34)C2=O)cc(Cl)c1OCC(=O)Nc1ccc(C)cc1. The van der Waals surface area contributed by atoms with Crippen LogP contribution in [0.5, 0.6) is 11.5 Å². The van der Waals surface area contributed by atoms with Gasteiger partial charge in [-0.05, 0) is 70.9 Å². The Kier molecular flexibility index (Phi) is 8.09. The minimum Gasteiger partial charge on any atom is -0.493 e. The van der Waals surface area contributed by atoms with Crippen molar-refractivity contribution in [3.63, 3.8) is 0 Å². The maximum atomic E-state index is 13.2. The molecule has 1 aliphatic heterocycles. The van der Waals surface area contributed by atoms with Crippen molar-refractivity contribution in [2.45, 2.75) is 13.5 Å². The molecule has 0 radical (unpaired) electrons. The van der Waals surface area contributed by atoms with Crippen molar-refractivity contribution in [2.75, 3.05) is 19.0 Å². The lowest BCUT2D eigenvalue weighted by Crippen LogP contribution is -2.27. The Morgan fingerprint density at radius 3 is 2.55 bits per heavy atom. The smallest absolute Gasteiger partial charge is 0.293 e. The number of carbonyl (C=O) groups is 3. The van der Waals surface area contributed by atoms with Gasteiger partial charge in [0.05, 0.1) is 23.6 Å². The highest BCUT2D eigenvalue weighted by Crippen LogP contribution is 2.39. The van der Waals surface area contributed by atoms with Crippen LogP contribution in [0, 0.1) is 6.92 Å². The number of rotatable bonds is 8. The van der Waals surface area contributed by atoms with Crippen molar-refractivity contribution in [3.8, 4) is 11.5 Å². The number of methoxy groups -OCH3 is 1. The summed E-state index contributed by atoms with van der Waals surface area (Å²) in [5.41, 5.74) is 3.18. The molecule has 40 heavy (non-hydrogen) atoms. The average molecular weight is 573 g/mol. The molecule has 7 nitrogen and oxygen atoms in total. The predicted molar refractivity (Wildman–Crippen MR) is 159 cm³/mol. The molecule has 4 aromatic rings. The zero-order valence-electron chi connectivity index (χ0n) is 21.8. The van der Waals surface area contributed by atoms with Gasteiger partial charge in [-0.25, -0.2) is 0 Å². The van der Waals surface area contributed by atoms with E-state index >= 15 is 0 Å². The fraction of sp³-hybridized carbons (Fsp3) is 0.129. The second kappa shape index (κ2) is 11.9. The number of fused-ring (bicyclic) bond motifs is 1. The number of thioether (sulfide) groups is 1. The van der Waals surface area contributed by atoms with Gasteiger partial charge in [0.2, 0.25) is 0 Å². The molecule has 1 fully saturated rings. The number of halogens is 1. The molecule has 0 aliphatic carbocycles. The molecule has 1 aliphatic rings. The minimum atomic E-state index is -0.383. The Labute approximate surface area is 240 Å². The Balaban J connectivity index is 1.30. The molecular formula is C31H25ClN2O5S. The van der Waals surface area contributed by atoms with Crippen molar-refractivity contribution in [3.05, 3.63) is 105 Å². The highest BCUT2D eigenvalue weighted by atomic mass is 35.5. The van der Waals surface area contributed by atoms with E-state index in [0.717, 1.165) is 33.7 Å². The molecule has 0 saturated carbocycles. The van der Waals surface area contributed by atoms with Gasteiger partial charge < -0.3 is 14.8 Å². The number of nitrogens with one attached hydrogen (secondary N) is 1. The van der Waals surface area contributed by atoms with Crippen molar-refractivity contribution >= 4 is 63.0 Å². The zero-order chi connectivity index (χ0) is 28.2. The van der Waals surface area contributed by atoms with Gasteiger partial charge in [-0.15, -0.1) is 0 Å². The highest BCUT2D eigenvalue weighted by molar-refractivity contribution is 8.18. The lowest BCUT2D eigenvalue weighted by molar-refractivity contribution is -0.123. The summed E-state index contributed by atoms with van der Waals surface area (Å²) in [4.78, 5) is 39.9. The normalized spacial score (nSPS) is 14.2. The summed E-state index contributed by atoms with van der Waals surface area (Å²) in [6.07, 6.45) is 1.59. The third kappa shape index (κ3) is 5.98. The first-order chi connectivity index (χ1) is 19.3. The third-order valence-corrected chi connectivity index (χ3v) is 7.50. The topological polar surface area (TPSA) is 84.9 Å². The van der Waals surface area contributed by atoms with Gasteiger partial charge in [0.1, 0.15) is 0 Å². The maximum Gasteiger partial charge on any atom is 0.293 e. The Morgan fingerprint density at radius 1 is 1.02 bits per heavy atom. The van der Waals surface area contributed by atoms with Crippen LogP contribution in [0.3, 0.4) is 0 Å². The number of ether oxygens (including phenoxy) is 2. The maximum absolute atomic E-state index is 13.2. The molecule has 0 aromatic heterocycles. The first-order valence-corrected chi connectivity index (χ1v) is 13.6. The van der Waals surface area contributed by atoms with Gasteiger partial charge in [-0.2, -0.15) is 0 Å². The summed E-state index contributed by atoms with van der Waals surface area (Å²) in [6, 6.07) is 24.3. The Hall–Kier alpha value is -4.27. The molecular weight excluding hydrogens is 548 g/mol. The zero-order valence-corrected chi connectivity index (χ0v) is 23.3. The fourth-order valence-electron chi connectivity index (χ4n) is 4.32. The molecule has 4 aromatic carbocycles. The molecule has 1 heterocycles. The summed E-state index contributed by atoms with van der Waals surface area (Å²) in [7, 11) is 1.45. The van der Waals surface area contributed by atoms with Gasteiger partial charge in [-0.3, -0.25) is 19.3 Å². The van der Waals surface area contributed by atoms with E-state index in [4.69, 9.17) is 21.1 Å². The van der Waals surface area contributed by atoms with Crippen LogP contribution in [0.2, 0.25) is 5.02 Å². The van der Waals surface area contributed by atoms with Crippen LogP contribution >= 0.6 is 23.4 Å². The Morgan fingerprint density at radius 2 is 1.77 bits per heavy atom. The second-order valence-electron chi connectivity index (χ2n) is 9.14. The van der Waals surface area contributed by atoms with E-state index in [1.165, 1.54) is 12.0 Å². The summed E-state index contributed by atoms with van der Waals surface area (Å²) < 4.78 is 11.1. The summed E-state index contributed by atoms with van der Waals surface area (Å²) >= 11 is 7.35. The lowest BCUT2D eigenvalue weighted by Gasteiger charge is -2.14. The summed E-state index contributed by atoms with van der Waals surface area (Å²) in [5, 5.41) is 4.65. The van der Waals surface area contributed by atoms with E-state index in [0.29, 0.717) is 11.3 Å². The van der Waals surface area contributed by atoms with Gasteiger partial charge in [0.25, 0.3) is 17.1 Å². The van der Waals surface area contributed by atoms with Gasteiger partial charge in [0, 0.05) is 5.69 Å². The van der Waals surface area contributed by atoms with Crippen molar-refractivity contribution < 1.29 is 23.9 Å². The number of carbonyl (C=O) groups excluding carboxylic acids is 3. The van der Waals surface area contributed by atoms with Crippen LogP contribution in [0.15, 0.2) is 83.8 Å². The van der Waals surface area contributed by atoms with E-state index in [1.54, 1.807) is 30.3 Å². The monoisotopic (exact) mass is 572 g/mol. The summed E-state index contributed by atoms with van der Waals surface area (Å²) in [6.45, 7) is 1.85. The fourth-order valence-corrected chi connectivity index (χ4v) is 5.44. The molecule has 9 heteroatoms. The largest absolute Gasteiger partial charge is 0.493 e. The molecule has 202 valence electrons. The van der Waals surface area contributed by atoms with E-state index < -0.39 is 0 Å². The van der Waals surface area contributed by atoms with Crippen LogP contribution < -0.4 is 14.8 Å². The number of anilines is 1. The van der Waals surface area contributed by atoms with E-state index in [9.17, 15) is 14.4 Å². The summed E-state index contributed by atoms with van der Waals surface area (Å²) in [5.74, 6) is -0.252. The number of benzene rings is 4. The molecule has 5 rings (SSSR count). The van der Waals surface area contributed by atoms with Crippen LogP contribution in [0.25, 0.3) is 16.8 Å². The molecule has 3 amide bonds. The number of hydrogen-bond acceptors (Lipinski definition) is 6. The predicted octanol–water partition coefficient (Wildman–Crippen LogP) is 7.06. The molecule has 0 atom stereocenters. The van der Waals surface area contributed by atoms with E-state index in [-0.39, 0.29) is 51.6 Å². The number of aryl methyl sites for hydroxylation is 1. The molecule has 0 bridgehead atoms. The molecule has 1 N–H and O–H groups in total. The molecule has 0 unspecified atom stereocenters. The standard InChI is InChI=1S/C31H25ClN2O5S/c1-19-10-12-23(13-11-19)33-28(35)18-39-29-25(32)14-20(15-26(29)38-2)16-27-30(36)34(31(37)40-27)17-22-8-5-7-21-6-3-4-9-24(21)22/h3-16H,17-18H2,1-2H3,(H,33,35)/b27-16+. The highest BCUT2D eigenvalue weighted by Gasteiger charge is 2.35. The molecule has 1 saturated heterocycles. The number of imide groups is 1. The van der Waals surface area contributed by atoms with Crippen LogP contribution in [-0.2, 0) is 16.1 Å². The van der Waals surface area contributed by atoms with Gasteiger partial charge in [0.15, 0.2) is 18.1 Å². The van der Waals surface area contributed by atoms with Crippen LogP contribution in [0.1, 0.15) is 16.7 Å². The van der Waals surface area contributed by atoms with Crippen molar-refractivity contribution in [1.29, 1.82) is 0 Å². The first-order valence-electron chi connectivity index (χ1n) is 12.4. The number of hydrogen-bond donors (Lipinski definition) is 1. The van der Waals surface area contributed by atoms with E-state index in [1.807, 2.05) is 61.5 Å². The van der Waals surface area contributed by atoms with Crippen LogP contribution in [-0.4, -0.2) is 35.7 Å². The average Bonchev–Trinajstić information content (AvgIpc) is 3.20. The minimum absolute atomic E-state index is 0.171. The third-order valence-electron chi connectivity index (χ3n) is 6.31. The quantitative estimate of drug-likeness (QED) is 0.227. The van der Waals surface area contributed by atoms with Gasteiger partial charge >= 0.3 is 0 Å².